The van der Waals surface area contributed by atoms with Crippen LogP contribution in [0.2, 0.25) is 0 Å². The molecule has 0 saturated carbocycles. The highest BCUT2D eigenvalue weighted by atomic mass is 32.1. The van der Waals surface area contributed by atoms with Crippen LogP contribution in [0.15, 0.2) is 23.6 Å². The molecule has 0 fully saturated rings. The zero-order valence-corrected chi connectivity index (χ0v) is 14.5. The smallest absolute Gasteiger partial charge is 0.220 e. The van der Waals surface area contributed by atoms with Gasteiger partial charge in [0.05, 0.1) is 24.9 Å². The van der Waals surface area contributed by atoms with Crippen LogP contribution >= 0.6 is 11.3 Å². The molecule has 0 bridgehead atoms. The third kappa shape index (κ3) is 5.25. The van der Waals surface area contributed by atoms with Crippen molar-refractivity contribution >= 4 is 17.2 Å². The van der Waals surface area contributed by atoms with Gasteiger partial charge in [-0.05, 0) is 31.0 Å². The number of ether oxygens (including phenoxy) is 2. The number of thiazole rings is 1. The first-order valence-corrected chi connectivity index (χ1v) is 8.39. The van der Waals surface area contributed by atoms with Crippen molar-refractivity contribution in [3.05, 3.63) is 39.8 Å². The van der Waals surface area contributed by atoms with Crippen molar-refractivity contribution in [2.45, 2.75) is 26.2 Å². The minimum Gasteiger partial charge on any atom is -0.493 e. The summed E-state index contributed by atoms with van der Waals surface area (Å²) in [5.41, 5.74) is 2.08. The lowest BCUT2D eigenvalue weighted by atomic mass is 10.1. The second kappa shape index (κ2) is 8.53. The molecular weight excluding hydrogens is 312 g/mol. The Balaban J connectivity index is 1.75. The summed E-state index contributed by atoms with van der Waals surface area (Å²) < 4.78 is 10.5. The number of carbonyl (C=O) groups is 1. The van der Waals surface area contributed by atoms with Gasteiger partial charge in [-0.3, -0.25) is 4.79 Å². The number of aryl methyl sites for hydroxylation is 2. The lowest BCUT2D eigenvalue weighted by Crippen LogP contribution is -2.25. The monoisotopic (exact) mass is 334 g/mol. The van der Waals surface area contributed by atoms with E-state index in [0.29, 0.717) is 30.9 Å². The number of rotatable bonds is 8. The quantitative estimate of drug-likeness (QED) is 0.806. The van der Waals surface area contributed by atoms with Crippen LogP contribution < -0.4 is 14.8 Å². The molecule has 1 amide bonds. The van der Waals surface area contributed by atoms with Gasteiger partial charge >= 0.3 is 0 Å². The van der Waals surface area contributed by atoms with E-state index in [-0.39, 0.29) is 5.91 Å². The van der Waals surface area contributed by atoms with E-state index in [9.17, 15) is 4.79 Å². The van der Waals surface area contributed by atoms with E-state index in [2.05, 4.69) is 10.3 Å². The summed E-state index contributed by atoms with van der Waals surface area (Å²) in [6.45, 7) is 2.60. The average Bonchev–Trinajstić information content (AvgIpc) is 2.98. The second-order valence-electron chi connectivity index (χ2n) is 5.15. The van der Waals surface area contributed by atoms with Crippen molar-refractivity contribution in [2.24, 2.45) is 0 Å². The summed E-state index contributed by atoms with van der Waals surface area (Å²) in [6.07, 6.45) is 1.89. The summed E-state index contributed by atoms with van der Waals surface area (Å²) >= 11 is 1.63. The van der Waals surface area contributed by atoms with E-state index in [1.54, 1.807) is 25.6 Å². The van der Waals surface area contributed by atoms with E-state index in [1.165, 1.54) is 0 Å². The van der Waals surface area contributed by atoms with Crippen molar-refractivity contribution in [3.8, 4) is 11.5 Å². The van der Waals surface area contributed by atoms with Crippen molar-refractivity contribution in [2.75, 3.05) is 20.8 Å². The molecule has 1 N–H and O–H groups in total. The minimum atomic E-state index is 0.0479. The molecule has 0 aliphatic rings. The van der Waals surface area contributed by atoms with Gasteiger partial charge in [-0.25, -0.2) is 4.98 Å². The molecule has 0 atom stereocenters. The number of amides is 1. The Morgan fingerprint density at radius 3 is 2.65 bits per heavy atom. The Morgan fingerprint density at radius 1 is 1.22 bits per heavy atom. The highest BCUT2D eigenvalue weighted by molar-refractivity contribution is 7.09. The molecule has 0 spiro atoms. The van der Waals surface area contributed by atoms with Crippen molar-refractivity contribution in [3.63, 3.8) is 0 Å². The lowest BCUT2D eigenvalue weighted by molar-refractivity contribution is -0.121. The highest BCUT2D eigenvalue weighted by Gasteiger charge is 2.07. The minimum absolute atomic E-state index is 0.0479. The Kier molecular flexibility index (Phi) is 6.40. The first kappa shape index (κ1) is 17.3. The van der Waals surface area contributed by atoms with Gasteiger partial charge in [-0.15, -0.1) is 11.3 Å². The lowest BCUT2D eigenvalue weighted by Gasteiger charge is -2.09. The van der Waals surface area contributed by atoms with Crippen molar-refractivity contribution in [1.29, 1.82) is 0 Å². The van der Waals surface area contributed by atoms with Crippen LogP contribution in [0.1, 0.15) is 22.7 Å². The topological polar surface area (TPSA) is 60.5 Å². The Bertz CT molecular complexity index is 655. The number of hydrogen-bond donors (Lipinski definition) is 1. The zero-order valence-electron chi connectivity index (χ0n) is 13.7. The van der Waals surface area contributed by atoms with Crippen LogP contribution in [-0.2, 0) is 17.6 Å². The molecule has 23 heavy (non-hydrogen) atoms. The summed E-state index contributed by atoms with van der Waals surface area (Å²) in [5.74, 6) is 1.43. The van der Waals surface area contributed by atoms with Crippen LogP contribution in [0.4, 0.5) is 0 Å². The number of benzene rings is 1. The predicted molar refractivity (Wildman–Crippen MR) is 91.4 cm³/mol. The van der Waals surface area contributed by atoms with Gasteiger partial charge in [0.2, 0.25) is 5.91 Å². The second-order valence-corrected chi connectivity index (χ2v) is 6.21. The van der Waals surface area contributed by atoms with Crippen LogP contribution in [0.25, 0.3) is 0 Å². The van der Waals surface area contributed by atoms with Crippen LogP contribution in [-0.4, -0.2) is 31.7 Å². The molecule has 6 heteroatoms. The molecular formula is C17H22N2O3S. The molecule has 0 saturated heterocycles. The molecule has 0 radical (unpaired) electrons. The number of aromatic nitrogens is 1. The van der Waals surface area contributed by atoms with Crippen molar-refractivity contribution < 1.29 is 14.3 Å². The molecule has 0 unspecified atom stereocenters. The summed E-state index contributed by atoms with van der Waals surface area (Å²) in [6, 6.07) is 5.72. The highest BCUT2D eigenvalue weighted by Crippen LogP contribution is 2.27. The normalized spacial score (nSPS) is 10.4. The van der Waals surface area contributed by atoms with E-state index in [4.69, 9.17) is 9.47 Å². The molecule has 1 aromatic carbocycles. The van der Waals surface area contributed by atoms with Gasteiger partial charge < -0.3 is 14.8 Å². The fraction of sp³-hybridized carbons (Fsp3) is 0.412. The number of nitrogens with one attached hydrogen (secondary N) is 1. The maximum Gasteiger partial charge on any atom is 0.220 e. The molecule has 124 valence electrons. The number of nitrogens with zero attached hydrogens (tertiary/aromatic N) is 1. The van der Waals surface area contributed by atoms with Crippen LogP contribution in [0.3, 0.4) is 0 Å². The maximum atomic E-state index is 11.9. The summed E-state index contributed by atoms with van der Waals surface area (Å²) in [4.78, 5) is 16.3. The van der Waals surface area contributed by atoms with Crippen LogP contribution in [0, 0.1) is 6.92 Å². The van der Waals surface area contributed by atoms with Crippen LogP contribution in [0.5, 0.6) is 11.5 Å². The van der Waals surface area contributed by atoms with Gasteiger partial charge in [0.15, 0.2) is 11.5 Å². The van der Waals surface area contributed by atoms with Gasteiger partial charge in [0.25, 0.3) is 0 Å². The fourth-order valence-electron chi connectivity index (χ4n) is 2.24. The molecule has 1 aromatic heterocycles. The number of carbonyl (C=O) groups excluding carboxylic acids is 1. The number of hydrogen-bond acceptors (Lipinski definition) is 5. The van der Waals surface area contributed by atoms with E-state index >= 15 is 0 Å². The first-order valence-electron chi connectivity index (χ1n) is 7.51. The maximum absolute atomic E-state index is 11.9. The SMILES string of the molecule is COc1ccc(CCC(=O)NCCc2csc(C)n2)cc1OC. The van der Waals surface area contributed by atoms with E-state index < -0.39 is 0 Å². The molecule has 1 heterocycles. The Labute approximate surface area is 140 Å². The molecule has 2 aromatic rings. The summed E-state index contributed by atoms with van der Waals surface area (Å²) in [5, 5.41) is 6.02. The fourth-order valence-corrected chi connectivity index (χ4v) is 2.88. The first-order chi connectivity index (χ1) is 11.1. The van der Waals surface area contributed by atoms with Gasteiger partial charge in [-0.1, -0.05) is 6.07 Å². The Morgan fingerprint density at radius 2 is 2.00 bits per heavy atom. The average molecular weight is 334 g/mol. The van der Waals surface area contributed by atoms with Gasteiger partial charge in [0.1, 0.15) is 0 Å². The van der Waals surface area contributed by atoms with Gasteiger partial charge in [-0.2, -0.15) is 0 Å². The zero-order chi connectivity index (χ0) is 16.7. The van der Waals surface area contributed by atoms with Gasteiger partial charge in [0, 0.05) is 24.8 Å². The molecule has 0 aliphatic carbocycles. The van der Waals surface area contributed by atoms with E-state index in [0.717, 1.165) is 22.7 Å². The molecule has 0 aliphatic heterocycles. The number of methoxy groups -OCH3 is 2. The molecule has 2 rings (SSSR count). The Hall–Kier alpha value is -2.08. The largest absolute Gasteiger partial charge is 0.493 e. The van der Waals surface area contributed by atoms with Crippen molar-refractivity contribution in [1.82, 2.24) is 10.3 Å². The summed E-state index contributed by atoms with van der Waals surface area (Å²) in [7, 11) is 3.21. The third-order valence-electron chi connectivity index (χ3n) is 3.46. The predicted octanol–water partition coefficient (Wildman–Crippen LogP) is 2.76. The third-order valence-corrected chi connectivity index (χ3v) is 4.28. The molecule has 5 nitrogen and oxygen atoms in total. The standard InChI is InChI=1S/C17H22N2O3S/c1-12-19-14(11-23-12)8-9-18-17(20)7-5-13-4-6-15(21-2)16(10-13)22-3/h4,6,10-11H,5,7-9H2,1-3H3,(H,18,20). The van der Waals surface area contributed by atoms with E-state index in [1.807, 2.05) is 30.5 Å².